The number of ether oxygens (including phenoxy) is 1. The minimum atomic E-state index is -1.06. The fourth-order valence-electron chi connectivity index (χ4n) is 1.96. The van der Waals surface area contributed by atoms with Crippen molar-refractivity contribution in [3.05, 3.63) is 23.8 Å². The van der Waals surface area contributed by atoms with Crippen LogP contribution in [0.2, 0.25) is 0 Å². The number of hydrogen-bond acceptors (Lipinski definition) is 3. The van der Waals surface area contributed by atoms with Crippen LogP contribution < -0.4 is 10.1 Å². The van der Waals surface area contributed by atoms with E-state index >= 15 is 0 Å². The van der Waals surface area contributed by atoms with Gasteiger partial charge in [-0.3, -0.25) is 0 Å². The Kier molecular flexibility index (Phi) is 6.70. The molecule has 3 N–H and O–H groups in total. The molecule has 0 aliphatic carbocycles. The number of phenolic OH excluding ortho intramolecular Hbond substituents is 1. The molecule has 20 heavy (non-hydrogen) atoms. The van der Waals surface area contributed by atoms with Gasteiger partial charge in [-0.15, -0.1) is 0 Å². The van der Waals surface area contributed by atoms with Gasteiger partial charge in [-0.05, 0) is 30.4 Å². The molecule has 1 aromatic rings. The van der Waals surface area contributed by atoms with Crippen LogP contribution in [0.4, 0.5) is 4.79 Å². The first kappa shape index (κ1) is 16.1. The first-order valence-corrected chi connectivity index (χ1v) is 6.94. The van der Waals surface area contributed by atoms with Crippen molar-refractivity contribution in [2.45, 2.75) is 33.1 Å². The molecular formula is C15H23NO4. The Hall–Kier alpha value is -1.91. The molecule has 0 aromatic heterocycles. The maximum absolute atomic E-state index is 10.3. The molecule has 0 saturated carbocycles. The minimum absolute atomic E-state index is 0.137. The molecule has 5 nitrogen and oxygen atoms in total. The van der Waals surface area contributed by atoms with Gasteiger partial charge in [-0.2, -0.15) is 0 Å². The summed E-state index contributed by atoms with van der Waals surface area (Å²) >= 11 is 0. The predicted octanol–water partition coefficient (Wildman–Crippen LogP) is 3.02. The van der Waals surface area contributed by atoms with Crippen molar-refractivity contribution in [3.63, 3.8) is 0 Å². The van der Waals surface area contributed by atoms with E-state index in [0.717, 1.165) is 12.8 Å². The van der Waals surface area contributed by atoms with E-state index in [1.54, 1.807) is 18.2 Å². The lowest BCUT2D eigenvalue weighted by molar-refractivity contribution is 0.194. The Labute approximate surface area is 119 Å². The second-order valence-corrected chi connectivity index (χ2v) is 4.98. The Bertz CT molecular complexity index is 434. The number of carboxylic acid groups (broad SMARTS) is 1. The van der Waals surface area contributed by atoms with Crippen LogP contribution in [0.5, 0.6) is 11.5 Å². The number of benzene rings is 1. The van der Waals surface area contributed by atoms with Crippen LogP contribution in [0.25, 0.3) is 0 Å². The highest BCUT2D eigenvalue weighted by atomic mass is 16.5. The predicted molar refractivity (Wildman–Crippen MR) is 77.4 cm³/mol. The molecule has 0 saturated heterocycles. The summed E-state index contributed by atoms with van der Waals surface area (Å²) in [5.74, 6) is 1.26. The second kappa shape index (κ2) is 8.30. The van der Waals surface area contributed by atoms with Crippen molar-refractivity contribution in [3.8, 4) is 11.5 Å². The van der Waals surface area contributed by atoms with Gasteiger partial charge in [0.1, 0.15) is 11.5 Å². The summed E-state index contributed by atoms with van der Waals surface area (Å²) in [6, 6.07) is 5.14. The summed E-state index contributed by atoms with van der Waals surface area (Å²) < 4.78 is 5.63. The zero-order valence-corrected chi connectivity index (χ0v) is 12.1. The zero-order valence-electron chi connectivity index (χ0n) is 12.1. The molecule has 112 valence electrons. The van der Waals surface area contributed by atoms with Gasteiger partial charge in [0.05, 0.1) is 6.61 Å². The van der Waals surface area contributed by atoms with Gasteiger partial charge >= 0.3 is 6.09 Å². The second-order valence-electron chi connectivity index (χ2n) is 4.98. The van der Waals surface area contributed by atoms with Gasteiger partial charge in [-0.25, -0.2) is 4.79 Å². The van der Waals surface area contributed by atoms with E-state index in [2.05, 4.69) is 19.2 Å². The van der Waals surface area contributed by atoms with E-state index in [4.69, 9.17) is 9.84 Å². The molecule has 0 aliphatic rings. The van der Waals surface area contributed by atoms with Crippen LogP contribution in [0.3, 0.4) is 0 Å². The molecule has 0 fully saturated rings. The molecule has 0 aliphatic heterocycles. The highest BCUT2D eigenvalue weighted by Gasteiger charge is 2.06. The van der Waals surface area contributed by atoms with Gasteiger partial charge in [0, 0.05) is 12.6 Å². The molecular weight excluding hydrogens is 258 g/mol. The SMILES string of the molecule is CCCC(C)COc1ccc(CCNC(=O)O)c(O)c1. The molecule has 1 amide bonds. The van der Waals surface area contributed by atoms with Crippen LogP contribution in [-0.4, -0.2) is 29.5 Å². The van der Waals surface area contributed by atoms with E-state index in [1.807, 2.05) is 0 Å². The summed E-state index contributed by atoms with van der Waals surface area (Å²) in [5, 5.41) is 20.6. The molecule has 0 radical (unpaired) electrons. The topological polar surface area (TPSA) is 78.8 Å². The normalized spacial score (nSPS) is 11.9. The number of phenols is 1. The van der Waals surface area contributed by atoms with Crippen molar-refractivity contribution >= 4 is 6.09 Å². The third-order valence-corrected chi connectivity index (χ3v) is 3.04. The molecule has 1 unspecified atom stereocenters. The summed E-state index contributed by atoms with van der Waals surface area (Å²) in [6.45, 7) is 5.18. The van der Waals surface area contributed by atoms with Crippen LogP contribution >= 0.6 is 0 Å². The molecule has 0 bridgehead atoms. The van der Waals surface area contributed by atoms with Crippen molar-refractivity contribution < 1.29 is 19.7 Å². The van der Waals surface area contributed by atoms with Crippen molar-refractivity contribution in [2.75, 3.05) is 13.2 Å². The molecule has 1 atom stereocenters. The standard InChI is InChI=1S/C15H23NO4/c1-3-4-11(2)10-20-13-6-5-12(14(17)9-13)7-8-16-15(18)19/h5-6,9,11,16-17H,3-4,7-8,10H2,1-2H3,(H,18,19). The van der Waals surface area contributed by atoms with Crippen LogP contribution in [-0.2, 0) is 6.42 Å². The molecule has 1 aromatic carbocycles. The van der Waals surface area contributed by atoms with Gasteiger partial charge in [-0.1, -0.05) is 26.3 Å². The van der Waals surface area contributed by atoms with Crippen LogP contribution in [0.15, 0.2) is 18.2 Å². The Balaban J connectivity index is 2.48. The van der Waals surface area contributed by atoms with E-state index in [1.165, 1.54) is 0 Å². The average molecular weight is 281 g/mol. The first-order chi connectivity index (χ1) is 9.52. The Morgan fingerprint density at radius 1 is 1.45 bits per heavy atom. The number of hydrogen-bond donors (Lipinski definition) is 3. The minimum Gasteiger partial charge on any atom is -0.508 e. The highest BCUT2D eigenvalue weighted by molar-refractivity contribution is 5.64. The van der Waals surface area contributed by atoms with Crippen LogP contribution in [0, 0.1) is 5.92 Å². The monoisotopic (exact) mass is 281 g/mol. The number of nitrogens with one attached hydrogen (secondary N) is 1. The lowest BCUT2D eigenvalue weighted by Crippen LogP contribution is -2.23. The van der Waals surface area contributed by atoms with E-state index in [-0.39, 0.29) is 12.3 Å². The highest BCUT2D eigenvalue weighted by Crippen LogP contribution is 2.24. The number of amides is 1. The first-order valence-electron chi connectivity index (χ1n) is 6.94. The maximum Gasteiger partial charge on any atom is 0.404 e. The number of aromatic hydroxyl groups is 1. The average Bonchev–Trinajstić information content (AvgIpc) is 2.38. The molecule has 1 rings (SSSR count). The molecule has 0 heterocycles. The molecule has 0 spiro atoms. The molecule has 5 heteroatoms. The van der Waals surface area contributed by atoms with Crippen LogP contribution in [0.1, 0.15) is 32.3 Å². The smallest absolute Gasteiger partial charge is 0.404 e. The fraction of sp³-hybridized carbons (Fsp3) is 0.533. The summed E-state index contributed by atoms with van der Waals surface area (Å²) in [7, 11) is 0. The van der Waals surface area contributed by atoms with Crippen molar-refractivity contribution in [2.24, 2.45) is 5.92 Å². The van der Waals surface area contributed by atoms with Gasteiger partial charge in [0.2, 0.25) is 0 Å². The quantitative estimate of drug-likeness (QED) is 0.684. The summed E-state index contributed by atoms with van der Waals surface area (Å²) in [5.41, 5.74) is 0.702. The lowest BCUT2D eigenvalue weighted by atomic mass is 10.1. The van der Waals surface area contributed by atoms with Crippen molar-refractivity contribution in [1.29, 1.82) is 0 Å². The van der Waals surface area contributed by atoms with Gasteiger partial charge in [0.25, 0.3) is 0 Å². The Morgan fingerprint density at radius 2 is 2.20 bits per heavy atom. The van der Waals surface area contributed by atoms with Gasteiger partial charge in [0.15, 0.2) is 0 Å². The van der Waals surface area contributed by atoms with E-state index < -0.39 is 6.09 Å². The van der Waals surface area contributed by atoms with E-state index in [0.29, 0.717) is 30.3 Å². The summed E-state index contributed by atoms with van der Waals surface area (Å²) in [6.07, 6.45) is 1.63. The van der Waals surface area contributed by atoms with E-state index in [9.17, 15) is 9.90 Å². The fourth-order valence-corrected chi connectivity index (χ4v) is 1.96. The van der Waals surface area contributed by atoms with Gasteiger partial charge < -0.3 is 20.3 Å². The lowest BCUT2D eigenvalue weighted by Gasteiger charge is -2.13. The Morgan fingerprint density at radius 3 is 2.80 bits per heavy atom. The number of rotatable bonds is 8. The maximum atomic E-state index is 10.3. The summed E-state index contributed by atoms with van der Waals surface area (Å²) in [4.78, 5) is 10.3. The largest absolute Gasteiger partial charge is 0.508 e. The third kappa shape index (κ3) is 5.82. The number of carbonyl (C=O) groups is 1. The van der Waals surface area contributed by atoms with Crippen molar-refractivity contribution in [1.82, 2.24) is 5.32 Å². The zero-order chi connectivity index (χ0) is 15.0. The third-order valence-electron chi connectivity index (χ3n) is 3.04.